The molecule has 2 heteroatoms. The van der Waals surface area contributed by atoms with Crippen LogP contribution in [0.15, 0.2) is 12.2 Å². The third kappa shape index (κ3) is 1.98. The monoisotopic (exact) mass is 207 g/mol. The van der Waals surface area contributed by atoms with E-state index >= 15 is 0 Å². The molecule has 1 heterocycles. The molecular formula is C13H21NO. The van der Waals surface area contributed by atoms with Gasteiger partial charge in [-0.2, -0.15) is 0 Å². The van der Waals surface area contributed by atoms with Gasteiger partial charge in [-0.15, -0.1) is 0 Å². The van der Waals surface area contributed by atoms with Crippen LogP contribution < -0.4 is 0 Å². The molecule has 0 radical (unpaired) electrons. The molecule has 3 aliphatic rings. The minimum absolute atomic E-state index is 0.0267. The van der Waals surface area contributed by atoms with Crippen LogP contribution >= 0.6 is 0 Å². The SMILES string of the molecule is OC1CCN(C[C@@H]2C[C@H]3C=C[C@H]2C3)CC1. The van der Waals surface area contributed by atoms with E-state index in [1.54, 1.807) is 0 Å². The summed E-state index contributed by atoms with van der Waals surface area (Å²) in [5.41, 5.74) is 0. The summed E-state index contributed by atoms with van der Waals surface area (Å²) in [6.07, 6.45) is 9.63. The molecule has 3 atom stereocenters. The van der Waals surface area contributed by atoms with E-state index in [1.165, 1.54) is 19.4 Å². The maximum atomic E-state index is 9.46. The molecule has 84 valence electrons. The van der Waals surface area contributed by atoms with Gasteiger partial charge in [-0.25, -0.2) is 0 Å². The molecule has 1 saturated carbocycles. The highest BCUT2D eigenvalue weighted by molar-refractivity contribution is 5.10. The Balaban J connectivity index is 1.51. The van der Waals surface area contributed by atoms with E-state index in [-0.39, 0.29) is 6.10 Å². The van der Waals surface area contributed by atoms with E-state index in [2.05, 4.69) is 17.1 Å². The first kappa shape index (κ1) is 9.86. The first-order valence-corrected chi connectivity index (χ1v) is 6.40. The molecule has 15 heavy (non-hydrogen) atoms. The number of piperidine rings is 1. The van der Waals surface area contributed by atoms with Gasteiger partial charge < -0.3 is 10.0 Å². The van der Waals surface area contributed by atoms with Gasteiger partial charge in [0.25, 0.3) is 0 Å². The molecule has 1 aliphatic heterocycles. The molecule has 2 nitrogen and oxygen atoms in total. The van der Waals surface area contributed by atoms with E-state index in [9.17, 15) is 5.11 Å². The number of aliphatic hydroxyl groups excluding tert-OH is 1. The Morgan fingerprint density at radius 1 is 1.13 bits per heavy atom. The lowest BCUT2D eigenvalue weighted by Crippen LogP contribution is -2.39. The zero-order valence-electron chi connectivity index (χ0n) is 9.31. The second-order valence-electron chi connectivity index (χ2n) is 5.57. The molecule has 2 fully saturated rings. The number of rotatable bonds is 2. The van der Waals surface area contributed by atoms with E-state index in [0.717, 1.165) is 43.7 Å². The summed E-state index contributed by atoms with van der Waals surface area (Å²) in [7, 11) is 0. The summed E-state index contributed by atoms with van der Waals surface area (Å²) in [4.78, 5) is 2.56. The van der Waals surface area contributed by atoms with Crippen LogP contribution in [-0.4, -0.2) is 35.7 Å². The summed E-state index contributed by atoms with van der Waals surface area (Å²) < 4.78 is 0. The van der Waals surface area contributed by atoms with Crippen LogP contribution in [0.1, 0.15) is 25.7 Å². The van der Waals surface area contributed by atoms with E-state index in [4.69, 9.17) is 0 Å². The summed E-state index contributed by atoms with van der Waals surface area (Å²) in [5.74, 6) is 2.69. The summed E-state index contributed by atoms with van der Waals surface area (Å²) in [6.45, 7) is 3.50. The Kier molecular flexibility index (Phi) is 2.57. The van der Waals surface area contributed by atoms with Crippen molar-refractivity contribution in [2.45, 2.75) is 31.8 Å². The van der Waals surface area contributed by atoms with Gasteiger partial charge in [0.15, 0.2) is 0 Å². The maximum absolute atomic E-state index is 9.46. The molecule has 0 amide bonds. The lowest BCUT2D eigenvalue weighted by Gasteiger charge is -2.33. The molecule has 0 aromatic rings. The first-order chi connectivity index (χ1) is 7.31. The van der Waals surface area contributed by atoms with Crippen molar-refractivity contribution in [3.63, 3.8) is 0 Å². The van der Waals surface area contributed by atoms with E-state index in [1.807, 2.05) is 0 Å². The number of hydrogen-bond acceptors (Lipinski definition) is 2. The van der Waals surface area contributed by atoms with Crippen molar-refractivity contribution in [2.24, 2.45) is 17.8 Å². The van der Waals surface area contributed by atoms with Gasteiger partial charge in [-0.1, -0.05) is 12.2 Å². The summed E-state index contributed by atoms with van der Waals surface area (Å²) >= 11 is 0. The quantitative estimate of drug-likeness (QED) is 0.696. The van der Waals surface area contributed by atoms with Crippen LogP contribution in [0.5, 0.6) is 0 Å². The van der Waals surface area contributed by atoms with Gasteiger partial charge in [0, 0.05) is 19.6 Å². The van der Waals surface area contributed by atoms with E-state index in [0.29, 0.717) is 0 Å². The third-order valence-electron chi connectivity index (χ3n) is 4.47. The van der Waals surface area contributed by atoms with Gasteiger partial charge in [0.1, 0.15) is 0 Å². The normalized spacial score (nSPS) is 41.5. The van der Waals surface area contributed by atoms with Crippen molar-refractivity contribution in [3.8, 4) is 0 Å². The van der Waals surface area contributed by atoms with Crippen molar-refractivity contribution in [1.82, 2.24) is 4.90 Å². The number of fused-ring (bicyclic) bond motifs is 2. The second-order valence-corrected chi connectivity index (χ2v) is 5.57. The molecule has 0 aromatic carbocycles. The van der Waals surface area contributed by atoms with Crippen molar-refractivity contribution in [1.29, 1.82) is 0 Å². The van der Waals surface area contributed by atoms with Crippen molar-refractivity contribution >= 4 is 0 Å². The maximum Gasteiger partial charge on any atom is 0.0564 e. The molecular weight excluding hydrogens is 186 g/mol. The minimum Gasteiger partial charge on any atom is -0.393 e. The molecule has 3 rings (SSSR count). The van der Waals surface area contributed by atoms with Crippen LogP contribution in [0.2, 0.25) is 0 Å². The Morgan fingerprint density at radius 3 is 2.53 bits per heavy atom. The number of hydrogen-bond donors (Lipinski definition) is 1. The van der Waals surface area contributed by atoms with Gasteiger partial charge in [-0.3, -0.25) is 0 Å². The molecule has 1 N–H and O–H groups in total. The number of aliphatic hydroxyl groups is 1. The fraction of sp³-hybridized carbons (Fsp3) is 0.846. The summed E-state index contributed by atoms with van der Waals surface area (Å²) in [5, 5.41) is 9.46. The van der Waals surface area contributed by atoms with Crippen LogP contribution in [0.25, 0.3) is 0 Å². The molecule has 2 bridgehead atoms. The van der Waals surface area contributed by atoms with Crippen LogP contribution in [0.3, 0.4) is 0 Å². The van der Waals surface area contributed by atoms with E-state index < -0.39 is 0 Å². The lowest BCUT2D eigenvalue weighted by atomic mass is 9.92. The van der Waals surface area contributed by atoms with Crippen molar-refractivity contribution in [2.75, 3.05) is 19.6 Å². The zero-order chi connectivity index (χ0) is 10.3. The minimum atomic E-state index is -0.0267. The average Bonchev–Trinajstić information content (AvgIpc) is 2.83. The van der Waals surface area contributed by atoms with Gasteiger partial charge in [0.05, 0.1) is 6.10 Å². The standard InChI is InChI=1S/C13H21NO/c15-13-3-5-14(6-4-13)9-12-8-10-1-2-11(12)7-10/h1-2,10-13,15H,3-9H2/t10-,11-,12-/m0/s1. The topological polar surface area (TPSA) is 23.5 Å². The Labute approximate surface area is 92.0 Å². The van der Waals surface area contributed by atoms with Crippen LogP contribution in [0, 0.1) is 17.8 Å². The van der Waals surface area contributed by atoms with Crippen molar-refractivity contribution < 1.29 is 5.11 Å². The number of likely N-dealkylation sites (tertiary alicyclic amines) is 1. The highest BCUT2D eigenvalue weighted by Gasteiger charge is 2.36. The highest BCUT2D eigenvalue weighted by Crippen LogP contribution is 2.43. The molecule has 0 spiro atoms. The lowest BCUT2D eigenvalue weighted by molar-refractivity contribution is 0.0724. The zero-order valence-corrected chi connectivity index (χ0v) is 9.31. The average molecular weight is 207 g/mol. The van der Waals surface area contributed by atoms with Gasteiger partial charge >= 0.3 is 0 Å². The molecule has 2 aliphatic carbocycles. The molecule has 1 saturated heterocycles. The van der Waals surface area contributed by atoms with Crippen LogP contribution in [-0.2, 0) is 0 Å². The Bertz CT molecular complexity index is 255. The first-order valence-electron chi connectivity index (χ1n) is 6.40. The van der Waals surface area contributed by atoms with Gasteiger partial charge in [0.2, 0.25) is 0 Å². The predicted octanol–water partition coefficient (Wildman–Crippen LogP) is 1.66. The number of allylic oxidation sites excluding steroid dienone is 2. The fourth-order valence-corrected chi connectivity index (χ4v) is 3.54. The Hall–Kier alpha value is -0.340. The van der Waals surface area contributed by atoms with Crippen LogP contribution in [0.4, 0.5) is 0 Å². The third-order valence-corrected chi connectivity index (χ3v) is 4.47. The largest absolute Gasteiger partial charge is 0.393 e. The smallest absolute Gasteiger partial charge is 0.0564 e. The molecule has 0 aromatic heterocycles. The fourth-order valence-electron chi connectivity index (χ4n) is 3.54. The second kappa shape index (κ2) is 3.91. The Morgan fingerprint density at radius 2 is 1.93 bits per heavy atom. The number of nitrogens with zero attached hydrogens (tertiary/aromatic N) is 1. The highest BCUT2D eigenvalue weighted by atomic mass is 16.3. The van der Waals surface area contributed by atoms with Crippen molar-refractivity contribution in [3.05, 3.63) is 12.2 Å². The summed E-state index contributed by atoms with van der Waals surface area (Å²) in [6, 6.07) is 0. The van der Waals surface area contributed by atoms with Gasteiger partial charge in [-0.05, 0) is 43.4 Å². The predicted molar refractivity (Wildman–Crippen MR) is 60.5 cm³/mol. The molecule has 0 unspecified atom stereocenters.